The molecule has 0 radical (unpaired) electrons. The average Bonchev–Trinajstić information content (AvgIpc) is 1.59. The van der Waals surface area contributed by atoms with Gasteiger partial charge in [-0.3, -0.25) is 24.8 Å². The van der Waals surface area contributed by atoms with E-state index in [2.05, 4.69) is 65.6 Å². The summed E-state index contributed by atoms with van der Waals surface area (Å²) in [5.41, 5.74) is 10.0. The first-order valence-corrected chi connectivity index (χ1v) is 33.8. The number of nitrogens with one attached hydrogen (secondary N) is 3. The Kier molecular flexibility index (Phi) is 19.5. The van der Waals surface area contributed by atoms with Gasteiger partial charge in [-0.05, 0) is 239 Å². The van der Waals surface area contributed by atoms with Crippen LogP contribution in [-0.2, 0) is 25.4 Å². The van der Waals surface area contributed by atoms with Crippen molar-refractivity contribution < 1.29 is 51.1 Å². The highest BCUT2D eigenvalue weighted by molar-refractivity contribution is 14.1. The van der Waals surface area contributed by atoms with Crippen molar-refractivity contribution in [3.05, 3.63) is 300 Å². The van der Waals surface area contributed by atoms with E-state index in [1.54, 1.807) is 76.5 Å². The number of carbonyl (C=O) groups is 3. The van der Waals surface area contributed by atoms with E-state index in [1.807, 2.05) is 60.7 Å². The number of nitrogens with zero attached hydrogens (tertiary/aromatic N) is 4. The summed E-state index contributed by atoms with van der Waals surface area (Å²) < 4.78 is 71.4. The van der Waals surface area contributed by atoms with Crippen molar-refractivity contribution in [2.75, 3.05) is 19.6 Å². The molecule has 0 aliphatic carbocycles. The Morgan fingerprint density at radius 3 is 1.19 bits per heavy atom. The SMILES string of the molecule is O=C(Oc1ccc(Cl)cc1)N1CCc2c([nH]c3ccc(Cl)cc23)C1c1ccc(I)cc1.O=C(Oc1ccc(Cl)cc1)N1CCc2c([nH]c3ccc(Cl)cc23)C1c1ccc([N+](=O)[O-])cc1.O=C(Oc1ccc(F)cc1)N1CCc2c([nH]c3ccc(Br)cc23)C1c1ccc(C(F)(F)F)cc1. The van der Waals surface area contributed by atoms with Gasteiger partial charge in [0.1, 0.15) is 41.2 Å². The van der Waals surface area contributed by atoms with Crippen LogP contribution in [0.3, 0.4) is 0 Å². The predicted octanol–water partition coefficient (Wildman–Crippen LogP) is 21.0. The van der Waals surface area contributed by atoms with Gasteiger partial charge < -0.3 is 29.2 Å². The number of aromatic nitrogens is 3. The Bertz CT molecular complexity index is 5010. The van der Waals surface area contributed by atoms with Crippen molar-refractivity contribution in [2.45, 2.75) is 43.6 Å². The monoisotopic (exact) mass is 1580 g/mol. The first-order valence-electron chi connectivity index (χ1n) is 30.4. The molecule has 98 heavy (non-hydrogen) atoms. The van der Waals surface area contributed by atoms with Crippen molar-refractivity contribution in [1.29, 1.82) is 0 Å². The number of H-pyrrole nitrogens is 3. The van der Waals surface area contributed by atoms with Crippen LogP contribution in [0.15, 0.2) is 205 Å². The summed E-state index contributed by atoms with van der Waals surface area (Å²) in [6.45, 7) is 1.23. The number of ether oxygens (including phenoxy) is 3. The maximum absolute atomic E-state index is 13.2. The first-order chi connectivity index (χ1) is 47.1. The molecule has 3 aromatic heterocycles. The topological polar surface area (TPSA) is 179 Å². The zero-order valence-corrected chi connectivity index (χ0v) is 57.6. The van der Waals surface area contributed by atoms with E-state index >= 15 is 0 Å². The van der Waals surface area contributed by atoms with Crippen LogP contribution in [0.25, 0.3) is 32.7 Å². The number of carbonyl (C=O) groups excluding carboxylic acids is 3. The Hall–Kier alpha value is -9.10. The zero-order valence-electron chi connectivity index (χ0n) is 50.9. The highest BCUT2D eigenvalue weighted by Gasteiger charge is 2.40. The minimum absolute atomic E-state index is 0.0199. The van der Waals surface area contributed by atoms with Crippen molar-refractivity contribution in [3.63, 3.8) is 0 Å². The summed E-state index contributed by atoms with van der Waals surface area (Å²) in [4.78, 5) is 65.4. The molecule has 3 N–H and O–H groups in total. The normalized spacial score (nSPS) is 15.7. The maximum Gasteiger partial charge on any atom is 0.416 e. The zero-order chi connectivity index (χ0) is 68.7. The molecule has 3 aliphatic rings. The standard InChI is InChI=1S/C25H17BrF4N2O2.C24H17Cl2IN2O2.C24H17Cl2N3O4/c26-16-5-10-21-20(13-16)19-11-12-32(24(33)34-18-8-6-17(27)7-9-18)23(22(19)31-21)14-1-3-15(4-2-14)25(28,29)30;25-15-3-8-18(9-4-15)31-24(30)29-12-11-19-20-13-16(26)5-10-21(20)28-22(19)23(29)14-1-6-17(27)7-2-14;25-15-3-8-18(9-4-15)33-24(30)28-12-11-19-20-13-16(26)5-10-21(20)27-22(19)23(28)14-1-6-17(7-2-14)29(31)32/h1-10,13,23,31H,11-12H2;1-10,13,23,28H,11-12H2;1-10,13,23,27H,11-12H2. The summed E-state index contributed by atoms with van der Waals surface area (Å²) in [6.07, 6.45) is -4.22. The van der Waals surface area contributed by atoms with E-state index in [9.17, 15) is 42.1 Å². The van der Waals surface area contributed by atoms with Crippen LogP contribution in [0.2, 0.25) is 20.1 Å². The van der Waals surface area contributed by atoms with Crippen molar-refractivity contribution in [2.24, 2.45) is 0 Å². The van der Waals surface area contributed by atoms with Gasteiger partial charge in [-0.15, -0.1) is 0 Å². The molecule has 15 nitrogen and oxygen atoms in total. The van der Waals surface area contributed by atoms with Crippen LogP contribution in [0.5, 0.6) is 17.2 Å². The lowest BCUT2D eigenvalue weighted by atomic mass is 9.92. The molecule has 0 fully saturated rings. The number of hydrogen-bond acceptors (Lipinski definition) is 8. The van der Waals surface area contributed by atoms with Gasteiger partial charge in [-0.25, -0.2) is 18.8 Å². The van der Waals surface area contributed by atoms with Gasteiger partial charge in [0.2, 0.25) is 0 Å². The third-order valence-corrected chi connectivity index (χ3v) is 19.4. The van der Waals surface area contributed by atoms with E-state index in [0.717, 1.165) is 92.2 Å². The second kappa shape index (κ2) is 28.4. The van der Waals surface area contributed by atoms with Crippen LogP contribution in [0, 0.1) is 19.5 Å². The van der Waals surface area contributed by atoms with E-state index in [0.29, 0.717) is 69.5 Å². The number of nitro benzene ring substituents is 1. The molecule has 0 saturated heterocycles. The fourth-order valence-electron chi connectivity index (χ4n) is 12.7. The lowest BCUT2D eigenvalue weighted by Gasteiger charge is -2.35. The fraction of sp³-hybridized carbons (Fsp3) is 0.137. The molecular weight excluding hydrogens is 1530 g/mol. The number of nitro groups is 1. The Labute approximate surface area is 598 Å². The summed E-state index contributed by atoms with van der Waals surface area (Å²) in [5.74, 6) is 0.546. The van der Waals surface area contributed by atoms with E-state index in [4.69, 9.17) is 60.6 Å². The molecule has 15 rings (SSSR count). The number of alkyl halides is 3. The molecule has 9 aromatic carbocycles. The van der Waals surface area contributed by atoms with Gasteiger partial charge in [0.25, 0.3) is 5.69 Å². The minimum atomic E-state index is -4.47. The largest absolute Gasteiger partial charge is 0.416 e. The second-order valence-corrected chi connectivity index (χ2v) is 27.1. The number of halogens is 10. The van der Waals surface area contributed by atoms with E-state index < -0.39 is 52.8 Å². The van der Waals surface area contributed by atoms with Crippen LogP contribution in [0.1, 0.15) is 74.2 Å². The number of aromatic amines is 3. The number of amides is 3. The Balaban J connectivity index is 0.000000132. The summed E-state index contributed by atoms with van der Waals surface area (Å²) >= 11 is 30.1. The lowest BCUT2D eigenvalue weighted by Crippen LogP contribution is -2.42. The smallest absolute Gasteiger partial charge is 0.410 e. The van der Waals surface area contributed by atoms with Gasteiger partial charge in [0.15, 0.2) is 0 Å². The molecular formula is C73H51BrCl4F4IN7O8. The second-order valence-electron chi connectivity index (χ2n) is 23.1. The first kappa shape index (κ1) is 67.5. The quantitative estimate of drug-likeness (QED) is 0.0610. The lowest BCUT2D eigenvalue weighted by molar-refractivity contribution is -0.384. The highest BCUT2D eigenvalue weighted by Crippen LogP contribution is 2.44. The fourth-order valence-corrected chi connectivity index (χ4v) is 14.0. The van der Waals surface area contributed by atoms with Crippen LogP contribution in [0.4, 0.5) is 37.6 Å². The number of rotatable bonds is 7. The number of non-ortho nitro benzene ring substituents is 1. The van der Waals surface area contributed by atoms with Gasteiger partial charge >= 0.3 is 24.5 Å². The van der Waals surface area contributed by atoms with Crippen molar-refractivity contribution in [1.82, 2.24) is 29.7 Å². The molecule has 0 bridgehead atoms. The van der Waals surface area contributed by atoms with Gasteiger partial charge in [0.05, 0.1) is 10.5 Å². The van der Waals surface area contributed by atoms with Gasteiger partial charge in [-0.2, -0.15) is 13.2 Å². The molecule has 0 spiro atoms. The van der Waals surface area contributed by atoms with E-state index in [1.165, 1.54) is 59.0 Å². The third kappa shape index (κ3) is 14.4. The predicted molar refractivity (Wildman–Crippen MR) is 380 cm³/mol. The van der Waals surface area contributed by atoms with Gasteiger partial charge in [0, 0.05) is 110 Å². The maximum atomic E-state index is 13.2. The van der Waals surface area contributed by atoms with Crippen molar-refractivity contribution >= 4 is 142 Å². The number of benzene rings is 9. The molecule has 0 saturated carbocycles. The third-order valence-electron chi connectivity index (χ3n) is 17.2. The molecule has 12 aromatic rings. The van der Waals surface area contributed by atoms with Crippen LogP contribution < -0.4 is 14.2 Å². The molecule has 3 aliphatic heterocycles. The average molecular weight is 1580 g/mol. The van der Waals surface area contributed by atoms with Crippen LogP contribution >= 0.6 is 84.9 Å². The molecule has 25 heteroatoms. The van der Waals surface area contributed by atoms with Crippen molar-refractivity contribution in [3.8, 4) is 17.2 Å². The molecule has 3 amide bonds. The molecule has 6 heterocycles. The Morgan fingerprint density at radius 2 is 0.816 bits per heavy atom. The van der Waals surface area contributed by atoms with E-state index in [-0.39, 0.29) is 24.0 Å². The molecule has 3 unspecified atom stereocenters. The number of fused-ring (bicyclic) bond motifs is 9. The van der Waals surface area contributed by atoms with Gasteiger partial charge in [-0.1, -0.05) is 86.6 Å². The summed E-state index contributed by atoms with van der Waals surface area (Å²) in [7, 11) is 0. The minimum Gasteiger partial charge on any atom is -0.410 e. The summed E-state index contributed by atoms with van der Waals surface area (Å²) in [5, 5.41) is 16.7. The Morgan fingerprint density at radius 1 is 0.480 bits per heavy atom. The molecule has 496 valence electrons. The number of hydrogen-bond donors (Lipinski definition) is 3. The summed E-state index contributed by atoms with van der Waals surface area (Å²) in [6, 6.07) is 53.3. The van der Waals surface area contributed by atoms with Crippen LogP contribution in [-0.4, -0.2) is 72.5 Å². The highest BCUT2D eigenvalue weighted by atomic mass is 127. The molecule has 3 atom stereocenters.